The zero-order valence-corrected chi connectivity index (χ0v) is 34.2. The molecule has 63 heavy (non-hydrogen) atoms. The number of aromatic nitrogens is 4. The van der Waals surface area contributed by atoms with Crippen LogP contribution in [-0.2, 0) is 0 Å². The van der Waals surface area contributed by atoms with Crippen LogP contribution in [0.15, 0.2) is 211 Å². The van der Waals surface area contributed by atoms with Gasteiger partial charge in [0, 0.05) is 69.7 Å². The van der Waals surface area contributed by atoms with Gasteiger partial charge in [-0.1, -0.05) is 164 Å². The van der Waals surface area contributed by atoms with Crippen LogP contribution in [0.2, 0.25) is 0 Å². The highest BCUT2D eigenvalue weighted by Gasteiger charge is 2.21. The highest BCUT2D eigenvalue weighted by molar-refractivity contribution is 7.26. The van der Waals surface area contributed by atoms with Crippen LogP contribution in [0, 0.1) is 0 Å². The number of para-hydroxylation sites is 4. The SMILES string of the molecule is [2H]c1c([2H])c([2H])c(-c2nc(-c3cccc(-c4cccc5c4oc4ccccc45)c3)nc(-c3cc(-n4c5ccccc5c5ccccc54)cc4c3sc3cc(-c5ccccc5)ccc34)n2)c([2H])c1[2H]. The van der Waals surface area contributed by atoms with Gasteiger partial charge in [-0.2, -0.15) is 0 Å². The third-order valence-corrected chi connectivity index (χ3v) is 13.1. The summed E-state index contributed by atoms with van der Waals surface area (Å²) in [6.07, 6.45) is 0. The fourth-order valence-corrected chi connectivity index (χ4v) is 10.3. The Hall–Kier alpha value is -8.19. The van der Waals surface area contributed by atoms with Gasteiger partial charge in [0.25, 0.3) is 0 Å². The molecule has 5 nitrogen and oxygen atoms in total. The standard InChI is InChI=1S/C57H34N4OS/c1-3-15-35(16-4-1)37-29-30-45-47-33-40(61-49-26-10-7-21-42(49)43-22-8-11-27-50(43)61)34-48(54(47)63-52(45)32-37)57-59-55(36-17-5-2-6-18-36)58-56(60-57)39-20-13-19-38(31-39)41-24-14-25-46-44-23-9-12-28-51(44)62-53(41)46/h1-34H/i2D,5D,6D,17D,18D. The van der Waals surface area contributed by atoms with Gasteiger partial charge in [-0.3, -0.25) is 0 Å². The Balaban J connectivity index is 1.10. The largest absolute Gasteiger partial charge is 0.455 e. The minimum absolute atomic E-state index is 0.0327. The van der Waals surface area contributed by atoms with Gasteiger partial charge in [-0.05, 0) is 59.2 Å². The molecule has 4 heterocycles. The molecule has 0 fully saturated rings. The topological polar surface area (TPSA) is 56.7 Å². The maximum absolute atomic E-state index is 9.08. The molecule has 13 rings (SSSR count). The monoisotopic (exact) mass is 827 g/mol. The summed E-state index contributed by atoms with van der Waals surface area (Å²) in [7, 11) is 0. The van der Waals surface area contributed by atoms with E-state index in [1.807, 2.05) is 72.8 Å². The van der Waals surface area contributed by atoms with Crippen molar-refractivity contribution in [2.75, 3.05) is 0 Å². The molecule has 0 unspecified atom stereocenters. The van der Waals surface area contributed by atoms with Crippen molar-refractivity contribution in [2.24, 2.45) is 0 Å². The normalized spacial score (nSPS) is 12.9. The Morgan fingerprint density at radius 3 is 1.89 bits per heavy atom. The molecule has 294 valence electrons. The first-order valence-electron chi connectivity index (χ1n) is 23.2. The molecule has 4 aromatic heterocycles. The molecule has 0 amide bonds. The van der Waals surface area contributed by atoms with E-state index in [9.17, 15) is 0 Å². The average molecular weight is 828 g/mol. The van der Waals surface area contributed by atoms with E-state index in [1.165, 1.54) is 0 Å². The number of nitrogens with zero attached hydrogens (tertiary/aromatic N) is 4. The summed E-state index contributed by atoms with van der Waals surface area (Å²) in [6, 6.07) is 57.8. The lowest BCUT2D eigenvalue weighted by atomic mass is 10.00. The number of rotatable bonds is 6. The molecule has 0 N–H and O–H groups in total. The van der Waals surface area contributed by atoms with E-state index in [0.717, 1.165) is 91.9 Å². The molecule has 0 aliphatic carbocycles. The minimum atomic E-state index is -0.494. The minimum Gasteiger partial charge on any atom is -0.455 e. The van der Waals surface area contributed by atoms with Crippen molar-refractivity contribution >= 4 is 75.3 Å². The van der Waals surface area contributed by atoms with Gasteiger partial charge >= 0.3 is 0 Å². The summed E-state index contributed by atoms with van der Waals surface area (Å²) in [5.41, 5.74) is 9.74. The van der Waals surface area contributed by atoms with Gasteiger partial charge < -0.3 is 8.98 Å². The number of hydrogen-bond donors (Lipinski definition) is 0. The van der Waals surface area contributed by atoms with Crippen LogP contribution in [0.25, 0.3) is 126 Å². The summed E-state index contributed by atoms with van der Waals surface area (Å²) in [6.45, 7) is 0. The van der Waals surface area contributed by atoms with Gasteiger partial charge in [0.05, 0.1) is 17.9 Å². The third kappa shape index (κ3) is 5.80. The molecule has 0 saturated carbocycles. The zero-order valence-electron chi connectivity index (χ0n) is 38.3. The lowest BCUT2D eigenvalue weighted by Gasteiger charge is -2.13. The summed E-state index contributed by atoms with van der Waals surface area (Å²) in [5, 5.41) is 6.35. The first-order valence-corrected chi connectivity index (χ1v) is 21.5. The van der Waals surface area contributed by atoms with Crippen molar-refractivity contribution < 1.29 is 11.3 Å². The molecule has 0 bridgehead atoms. The van der Waals surface area contributed by atoms with Crippen molar-refractivity contribution in [3.8, 4) is 62.1 Å². The Labute approximate surface area is 372 Å². The first-order chi connectivity index (χ1) is 33.3. The second-order valence-electron chi connectivity index (χ2n) is 15.6. The smallest absolute Gasteiger partial charge is 0.165 e. The second-order valence-corrected chi connectivity index (χ2v) is 16.6. The van der Waals surface area contributed by atoms with Gasteiger partial charge in [-0.15, -0.1) is 11.3 Å². The van der Waals surface area contributed by atoms with Crippen molar-refractivity contribution in [1.82, 2.24) is 19.5 Å². The highest BCUT2D eigenvalue weighted by atomic mass is 32.1. The van der Waals surface area contributed by atoms with Crippen molar-refractivity contribution in [2.45, 2.75) is 0 Å². The molecule has 13 aromatic rings. The predicted octanol–water partition coefficient (Wildman–Crippen LogP) is 15.6. The Morgan fingerprint density at radius 1 is 0.429 bits per heavy atom. The van der Waals surface area contributed by atoms with Crippen LogP contribution in [0.3, 0.4) is 0 Å². The van der Waals surface area contributed by atoms with Crippen LogP contribution in [0.1, 0.15) is 6.85 Å². The lowest BCUT2D eigenvalue weighted by molar-refractivity contribution is 0.670. The number of furan rings is 1. The zero-order chi connectivity index (χ0) is 45.8. The number of fused-ring (bicyclic) bond motifs is 9. The quantitative estimate of drug-likeness (QED) is 0.168. The van der Waals surface area contributed by atoms with Crippen molar-refractivity contribution in [3.05, 3.63) is 206 Å². The number of hydrogen-bond acceptors (Lipinski definition) is 5. The van der Waals surface area contributed by atoms with Crippen LogP contribution in [0.5, 0.6) is 0 Å². The summed E-state index contributed by atoms with van der Waals surface area (Å²) in [5.74, 6) is 0.539. The summed E-state index contributed by atoms with van der Waals surface area (Å²) in [4.78, 5) is 15.4. The van der Waals surface area contributed by atoms with E-state index in [-0.39, 0.29) is 17.2 Å². The second kappa shape index (κ2) is 14.2. The molecule has 6 heteroatoms. The average Bonchev–Trinajstić information content (AvgIpc) is 4.07. The molecule has 0 saturated heterocycles. The molecule has 0 atom stereocenters. The van der Waals surface area contributed by atoms with Gasteiger partial charge in [0.1, 0.15) is 11.2 Å². The van der Waals surface area contributed by atoms with Crippen LogP contribution >= 0.6 is 11.3 Å². The van der Waals surface area contributed by atoms with E-state index >= 15 is 0 Å². The maximum atomic E-state index is 9.08. The Morgan fingerprint density at radius 2 is 1.08 bits per heavy atom. The molecule has 0 aliphatic heterocycles. The van der Waals surface area contributed by atoms with E-state index < -0.39 is 30.2 Å². The Bertz CT molecular complexity index is 4150. The number of benzene rings is 9. The molecular weight excluding hydrogens is 789 g/mol. The van der Waals surface area contributed by atoms with Crippen LogP contribution in [0.4, 0.5) is 0 Å². The van der Waals surface area contributed by atoms with Crippen LogP contribution < -0.4 is 0 Å². The summed E-state index contributed by atoms with van der Waals surface area (Å²) >= 11 is 1.65. The molecule has 0 aliphatic rings. The van der Waals surface area contributed by atoms with E-state index in [2.05, 4.69) is 108 Å². The molecule has 0 spiro atoms. The van der Waals surface area contributed by atoms with Gasteiger partial charge in [-0.25, -0.2) is 15.0 Å². The van der Waals surface area contributed by atoms with Gasteiger partial charge in [0.15, 0.2) is 17.5 Å². The fraction of sp³-hybridized carbons (Fsp3) is 0. The maximum Gasteiger partial charge on any atom is 0.165 e. The fourth-order valence-electron chi connectivity index (χ4n) is 9.07. The predicted molar refractivity (Wildman–Crippen MR) is 262 cm³/mol. The summed E-state index contributed by atoms with van der Waals surface area (Å²) < 4.78 is 54.6. The number of thiophene rings is 1. The van der Waals surface area contributed by atoms with Gasteiger partial charge in [0.2, 0.25) is 0 Å². The Kier molecular flexibility index (Phi) is 6.94. The van der Waals surface area contributed by atoms with Crippen LogP contribution in [-0.4, -0.2) is 19.5 Å². The van der Waals surface area contributed by atoms with E-state index in [0.29, 0.717) is 17.0 Å². The van der Waals surface area contributed by atoms with E-state index in [4.69, 9.17) is 26.2 Å². The third-order valence-electron chi connectivity index (χ3n) is 11.9. The van der Waals surface area contributed by atoms with Crippen molar-refractivity contribution in [3.63, 3.8) is 0 Å². The molecule has 9 aromatic carbocycles. The van der Waals surface area contributed by atoms with Crippen molar-refractivity contribution in [1.29, 1.82) is 0 Å². The molecular formula is C57H34N4OS. The molecule has 0 radical (unpaired) electrons. The lowest BCUT2D eigenvalue weighted by Crippen LogP contribution is -2.01. The highest BCUT2D eigenvalue weighted by Crippen LogP contribution is 2.44. The first kappa shape index (κ1) is 30.8. The van der Waals surface area contributed by atoms with E-state index in [1.54, 1.807) is 11.3 Å².